The molecule has 2 aromatic carbocycles. The number of hydrogen-bond donors (Lipinski definition) is 2. The zero-order valence-corrected chi connectivity index (χ0v) is 14.8. The summed E-state index contributed by atoms with van der Waals surface area (Å²) in [6.07, 6.45) is 1.00. The first-order valence-corrected chi connectivity index (χ1v) is 8.43. The van der Waals surface area contributed by atoms with Crippen molar-refractivity contribution in [1.29, 1.82) is 0 Å². The zero-order chi connectivity index (χ0) is 18.7. The minimum absolute atomic E-state index is 0.252. The Morgan fingerprint density at radius 2 is 1.81 bits per heavy atom. The van der Waals surface area contributed by atoms with Crippen LogP contribution in [-0.2, 0) is 16.1 Å². The van der Waals surface area contributed by atoms with Gasteiger partial charge in [-0.25, -0.2) is 4.39 Å². The number of amides is 2. The van der Waals surface area contributed by atoms with E-state index in [4.69, 9.17) is 4.74 Å². The van der Waals surface area contributed by atoms with E-state index in [0.717, 1.165) is 11.1 Å². The van der Waals surface area contributed by atoms with Crippen LogP contribution in [0.25, 0.3) is 0 Å². The number of rotatable bonds is 6. The highest BCUT2D eigenvalue weighted by molar-refractivity contribution is 6.13. The van der Waals surface area contributed by atoms with Gasteiger partial charge in [-0.3, -0.25) is 9.59 Å². The monoisotopic (exact) mass is 356 g/mol. The molecule has 26 heavy (non-hydrogen) atoms. The molecule has 0 bridgehead atoms. The lowest BCUT2D eigenvalue weighted by molar-refractivity contribution is -0.134. The van der Waals surface area contributed by atoms with Gasteiger partial charge < -0.3 is 15.4 Å². The summed E-state index contributed by atoms with van der Waals surface area (Å²) in [6.45, 7) is 2.17. The van der Waals surface area contributed by atoms with E-state index in [1.165, 1.54) is 19.2 Å². The fourth-order valence-corrected chi connectivity index (χ4v) is 2.80. The molecule has 0 radical (unpaired) electrons. The number of benzene rings is 2. The van der Waals surface area contributed by atoms with E-state index in [2.05, 4.69) is 10.6 Å². The molecular weight excluding hydrogens is 335 g/mol. The van der Waals surface area contributed by atoms with Crippen molar-refractivity contribution in [3.05, 3.63) is 59.4 Å². The van der Waals surface area contributed by atoms with Crippen LogP contribution in [0.1, 0.15) is 24.0 Å². The van der Waals surface area contributed by atoms with Crippen LogP contribution in [0.2, 0.25) is 0 Å². The molecule has 0 spiro atoms. The number of nitrogens with one attached hydrogen (secondary N) is 2. The van der Waals surface area contributed by atoms with Gasteiger partial charge in [0.15, 0.2) is 0 Å². The summed E-state index contributed by atoms with van der Waals surface area (Å²) in [5.41, 5.74) is 1.26. The van der Waals surface area contributed by atoms with Crippen LogP contribution in [0, 0.1) is 18.2 Å². The third-order valence-electron chi connectivity index (χ3n) is 4.59. The smallest absolute Gasteiger partial charge is 0.240 e. The number of methoxy groups -OCH3 is 1. The van der Waals surface area contributed by atoms with Gasteiger partial charge in [-0.2, -0.15) is 0 Å². The summed E-state index contributed by atoms with van der Waals surface area (Å²) in [5, 5.41) is 5.59. The molecule has 2 amide bonds. The molecule has 0 heterocycles. The molecule has 3 rings (SSSR count). The number of carbonyl (C=O) groups is 2. The Kier molecular flexibility index (Phi) is 4.93. The third-order valence-corrected chi connectivity index (χ3v) is 4.59. The van der Waals surface area contributed by atoms with Crippen molar-refractivity contribution in [3.63, 3.8) is 0 Å². The molecule has 2 N–H and O–H groups in total. The predicted octanol–water partition coefficient (Wildman–Crippen LogP) is 3.18. The molecule has 136 valence electrons. The summed E-state index contributed by atoms with van der Waals surface area (Å²) in [5.74, 6) is -0.430. The van der Waals surface area contributed by atoms with E-state index in [-0.39, 0.29) is 24.2 Å². The van der Waals surface area contributed by atoms with Crippen LogP contribution in [0.4, 0.5) is 10.1 Å². The van der Waals surface area contributed by atoms with Crippen molar-refractivity contribution in [2.24, 2.45) is 5.41 Å². The molecule has 0 aliphatic heterocycles. The summed E-state index contributed by atoms with van der Waals surface area (Å²) in [4.78, 5) is 25.2. The quantitative estimate of drug-likeness (QED) is 0.781. The Balaban J connectivity index is 1.66. The average Bonchev–Trinajstić information content (AvgIpc) is 3.43. The van der Waals surface area contributed by atoms with E-state index in [0.29, 0.717) is 24.3 Å². The van der Waals surface area contributed by atoms with Gasteiger partial charge in [-0.1, -0.05) is 18.2 Å². The van der Waals surface area contributed by atoms with Crippen molar-refractivity contribution < 1.29 is 18.7 Å². The maximum atomic E-state index is 12.9. The number of carbonyl (C=O) groups excluding carboxylic acids is 2. The number of aryl methyl sites for hydroxylation is 1. The maximum Gasteiger partial charge on any atom is 0.240 e. The number of hydrogen-bond acceptors (Lipinski definition) is 3. The summed E-state index contributed by atoms with van der Waals surface area (Å²) in [7, 11) is 1.53. The molecule has 1 fully saturated rings. The van der Waals surface area contributed by atoms with E-state index in [1.807, 2.05) is 19.1 Å². The van der Waals surface area contributed by atoms with Crippen LogP contribution < -0.4 is 15.4 Å². The lowest BCUT2D eigenvalue weighted by Crippen LogP contribution is -2.39. The fourth-order valence-electron chi connectivity index (χ4n) is 2.80. The average molecular weight is 356 g/mol. The Morgan fingerprint density at radius 3 is 2.42 bits per heavy atom. The Hall–Kier alpha value is -2.89. The van der Waals surface area contributed by atoms with Gasteiger partial charge in [0.05, 0.1) is 12.8 Å². The van der Waals surface area contributed by atoms with Crippen molar-refractivity contribution in [2.75, 3.05) is 12.4 Å². The number of halogens is 1. The molecule has 0 saturated heterocycles. The molecule has 1 saturated carbocycles. The molecule has 0 aromatic heterocycles. The highest BCUT2D eigenvalue weighted by atomic mass is 19.1. The summed E-state index contributed by atoms with van der Waals surface area (Å²) >= 11 is 0. The Morgan fingerprint density at radius 1 is 1.12 bits per heavy atom. The molecule has 2 aromatic rings. The maximum absolute atomic E-state index is 12.9. The summed E-state index contributed by atoms with van der Waals surface area (Å²) < 4.78 is 18.2. The molecule has 5 nitrogen and oxygen atoms in total. The highest BCUT2D eigenvalue weighted by Gasteiger charge is 2.56. The predicted molar refractivity (Wildman–Crippen MR) is 96.3 cm³/mol. The highest BCUT2D eigenvalue weighted by Crippen LogP contribution is 2.47. The van der Waals surface area contributed by atoms with E-state index >= 15 is 0 Å². The van der Waals surface area contributed by atoms with Crippen molar-refractivity contribution in [1.82, 2.24) is 5.32 Å². The first-order valence-electron chi connectivity index (χ1n) is 8.43. The van der Waals surface area contributed by atoms with Crippen LogP contribution in [0.3, 0.4) is 0 Å². The van der Waals surface area contributed by atoms with Crippen molar-refractivity contribution in [2.45, 2.75) is 26.3 Å². The second kappa shape index (κ2) is 7.15. The first-order chi connectivity index (χ1) is 12.4. The lowest BCUT2D eigenvalue weighted by Gasteiger charge is -2.17. The molecule has 6 heteroatoms. The van der Waals surface area contributed by atoms with Crippen molar-refractivity contribution >= 4 is 17.5 Å². The largest absolute Gasteiger partial charge is 0.495 e. The minimum atomic E-state index is -1.05. The van der Waals surface area contributed by atoms with Crippen LogP contribution >= 0.6 is 0 Å². The van der Waals surface area contributed by atoms with Gasteiger partial charge in [0.2, 0.25) is 11.8 Å². The van der Waals surface area contributed by atoms with E-state index in [9.17, 15) is 14.0 Å². The topological polar surface area (TPSA) is 67.4 Å². The number of anilines is 1. The fraction of sp³-hybridized carbons (Fsp3) is 0.300. The third kappa shape index (κ3) is 3.69. The SMILES string of the molecule is COc1ccc(C)cc1NC(=O)C1(C(=O)NCc2ccc(F)cc2)CC1. The number of ether oxygens (including phenoxy) is 1. The van der Waals surface area contributed by atoms with Gasteiger partial charge in [-0.05, 0) is 55.2 Å². The Labute approximate surface area is 151 Å². The molecule has 0 unspecified atom stereocenters. The molecule has 1 aliphatic rings. The second-order valence-corrected chi connectivity index (χ2v) is 6.55. The van der Waals surface area contributed by atoms with Gasteiger partial charge in [0.1, 0.15) is 17.0 Å². The molecular formula is C20H21FN2O3. The van der Waals surface area contributed by atoms with Crippen LogP contribution in [-0.4, -0.2) is 18.9 Å². The van der Waals surface area contributed by atoms with Gasteiger partial charge in [-0.15, -0.1) is 0 Å². The van der Waals surface area contributed by atoms with Gasteiger partial charge in [0, 0.05) is 6.54 Å². The standard InChI is InChI=1S/C20H21FN2O3/c1-13-3-8-17(26-2)16(11-13)23-19(25)20(9-10-20)18(24)22-12-14-4-6-15(21)7-5-14/h3-8,11H,9-10,12H2,1-2H3,(H,22,24)(H,23,25). The second-order valence-electron chi connectivity index (χ2n) is 6.55. The van der Waals surface area contributed by atoms with Gasteiger partial charge in [0.25, 0.3) is 0 Å². The van der Waals surface area contributed by atoms with E-state index in [1.54, 1.807) is 18.2 Å². The van der Waals surface area contributed by atoms with Crippen LogP contribution in [0.5, 0.6) is 5.75 Å². The minimum Gasteiger partial charge on any atom is -0.495 e. The molecule has 1 aliphatic carbocycles. The van der Waals surface area contributed by atoms with Crippen molar-refractivity contribution in [3.8, 4) is 5.75 Å². The Bertz CT molecular complexity index is 829. The molecule has 0 atom stereocenters. The summed E-state index contributed by atoms with van der Waals surface area (Å²) in [6, 6.07) is 11.4. The lowest BCUT2D eigenvalue weighted by atomic mass is 10.0. The van der Waals surface area contributed by atoms with Gasteiger partial charge >= 0.3 is 0 Å². The zero-order valence-electron chi connectivity index (χ0n) is 14.8. The normalized spacial score (nSPS) is 14.4. The first kappa shape index (κ1) is 17.9. The van der Waals surface area contributed by atoms with E-state index < -0.39 is 5.41 Å². The van der Waals surface area contributed by atoms with Crippen LogP contribution in [0.15, 0.2) is 42.5 Å².